The summed E-state index contributed by atoms with van der Waals surface area (Å²) >= 11 is 0. The molecule has 0 aromatic heterocycles. The van der Waals surface area contributed by atoms with E-state index in [1.54, 1.807) is 0 Å². The number of carbonyl (C=O) groups is 1. The molecular formula is C10H10F3NO2. The van der Waals surface area contributed by atoms with Gasteiger partial charge in [-0.05, 0) is 18.6 Å². The highest BCUT2D eigenvalue weighted by Crippen LogP contribution is 2.35. The van der Waals surface area contributed by atoms with E-state index in [2.05, 4.69) is 4.74 Å². The van der Waals surface area contributed by atoms with Crippen LogP contribution in [0.4, 0.5) is 18.9 Å². The predicted molar refractivity (Wildman–Crippen MR) is 51.9 cm³/mol. The summed E-state index contributed by atoms with van der Waals surface area (Å²) in [7, 11) is 1.00. The molecule has 0 radical (unpaired) electrons. The van der Waals surface area contributed by atoms with Crippen molar-refractivity contribution in [3.8, 4) is 0 Å². The number of nitrogens with two attached hydrogens (primary N) is 1. The van der Waals surface area contributed by atoms with Crippen LogP contribution in [0.2, 0.25) is 0 Å². The van der Waals surface area contributed by atoms with Crippen LogP contribution in [0, 0.1) is 6.92 Å². The molecule has 0 heterocycles. The Bertz CT molecular complexity index is 427. The number of methoxy groups -OCH3 is 1. The molecule has 0 atom stereocenters. The highest BCUT2D eigenvalue weighted by atomic mass is 19.4. The van der Waals surface area contributed by atoms with Gasteiger partial charge in [-0.3, -0.25) is 0 Å². The predicted octanol–water partition coefficient (Wildman–Crippen LogP) is 2.38. The van der Waals surface area contributed by atoms with Gasteiger partial charge < -0.3 is 10.5 Å². The van der Waals surface area contributed by atoms with Crippen LogP contribution in [0.25, 0.3) is 0 Å². The number of halogens is 3. The Morgan fingerprint density at radius 3 is 2.38 bits per heavy atom. The molecule has 0 saturated carbocycles. The van der Waals surface area contributed by atoms with Crippen LogP contribution in [0.1, 0.15) is 21.5 Å². The number of nitrogen functional groups attached to an aromatic ring is 1. The van der Waals surface area contributed by atoms with E-state index in [1.807, 2.05) is 0 Å². The average molecular weight is 233 g/mol. The van der Waals surface area contributed by atoms with Crippen molar-refractivity contribution in [3.63, 3.8) is 0 Å². The molecule has 0 spiro atoms. The van der Waals surface area contributed by atoms with Gasteiger partial charge in [-0.1, -0.05) is 6.07 Å². The van der Waals surface area contributed by atoms with Gasteiger partial charge in [0.05, 0.1) is 18.2 Å². The van der Waals surface area contributed by atoms with Crippen molar-refractivity contribution in [3.05, 3.63) is 28.8 Å². The minimum Gasteiger partial charge on any atom is -0.465 e. The van der Waals surface area contributed by atoms with Crippen LogP contribution < -0.4 is 5.73 Å². The number of carbonyl (C=O) groups excluding carboxylic acids is 1. The summed E-state index contributed by atoms with van der Waals surface area (Å²) in [5.74, 6) is -1.09. The molecule has 0 bridgehead atoms. The van der Waals surface area contributed by atoms with Gasteiger partial charge in [-0.15, -0.1) is 0 Å². The van der Waals surface area contributed by atoms with Crippen molar-refractivity contribution < 1.29 is 22.7 Å². The molecule has 0 fully saturated rings. The molecule has 3 nitrogen and oxygen atoms in total. The molecular weight excluding hydrogens is 223 g/mol. The van der Waals surface area contributed by atoms with Crippen LogP contribution >= 0.6 is 0 Å². The van der Waals surface area contributed by atoms with Crippen molar-refractivity contribution >= 4 is 11.7 Å². The minimum atomic E-state index is -4.63. The molecule has 6 heteroatoms. The first-order valence-electron chi connectivity index (χ1n) is 4.33. The molecule has 88 valence electrons. The Morgan fingerprint density at radius 1 is 1.38 bits per heavy atom. The van der Waals surface area contributed by atoms with Crippen molar-refractivity contribution in [2.75, 3.05) is 12.8 Å². The fourth-order valence-corrected chi connectivity index (χ4v) is 1.28. The second-order valence-corrected chi connectivity index (χ2v) is 3.21. The number of alkyl halides is 3. The zero-order chi connectivity index (χ0) is 12.5. The molecule has 1 rings (SSSR count). The maximum atomic E-state index is 12.6. The first-order valence-corrected chi connectivity index (χ1v) is 4.33. The Labute approximate surface area is 90.0 Å². The van der Waals surface area contributed by atoms with E-state index in [1.165, 1.54) is 13.0 Å². The maximum Gasteiger partial charge on any atom is 0.417 e. The number of esters is 1. The fourth-order valence-electron chi connectivity index (χ4n) is 1.28. The number of anilines is 1. The van der Waals surface area contributed by atoms with Crippen LogP contribution in [-0.2, 0) is 10.9 Å². The van der Waals surface area contributed by atoms with Crippen LogP contribution in [0.5, 0.6) is 0 Å². The van der Waals surface area contributed by atoms with Gasteiger partial charge in [0, 0.05) is 5.69 Å². The lowest BCUT2D eigenvalue weighted by Crippen LogP contribution is -2.17. The van der Waals surface area contributed by atoms with Crippen LogP contribution in [0.3, 0.4) is 0 Å². The second kappa shape index (κ2) is 4.03. The molecule has 0 aliphatic heterocycles. The monoisotopic (exact) mass is 233 g/mol. The fraction of sp³-hybridized carbons (Fsp3) is 0.300. The Kier molecular flexibility index (Phi) is 3.11. The Hall–Kier alpha value is -1.72. The van der Waals surface area contributed by atoms with Gasteiger partial charge in [-0.2, -0.15) is 13.2 Å². The molecule has 0 amide bonds. The zero-order valence-corrected chi connectivity index (χ0v) is 8.68. The van der Waals surface area contributed by atoms with Crippen molar-refractivity contribution in [1.82, 2.24) is 0 Å². The summed E-state index contributed by atoms with van der Waals surface area (Å²) in [5, 5.41) is 0. The third-order valence-corrected chi connectivity index (χ3v) is 2.16. The second-order valence-electron chi connectivity index (χ2n) is 3.21. The van der Waals surface area contributed by atoms with Gasteiger partial charge in [-0.25, -0.2) is 4.79 Å². The van der Waals surface area contributed by atoms with E-state index in [9.17, 15) is 18.0 Å². The van der Waals surface area contributed by atoms with E-state index < -0.39 is 23.3 Å². The molecule has 16 heavy (non-hydrogen) atoms. The number of ether oxygens (including phenoxy) is 1. The zero-order valence-electron chi connectivity index (χ0n) is 8.68. The van der Waals surface area contributed by atoms with Crippen molar-refractivity contribution in [2.24, 2.45) is 0 Å². The summed E-state index contributed by atoms with van der Waals surface area (Å²) in [4.78, 5) is 11.3. The topological polar surface area (TPSA) is 52.3 Å². The van der Waals surface area contributed by atoms with Gasteiger partial charge >= 0.3 is 12.1 Å². The SMILES string of the molecule is COC(=O)c1c(C(F)(F)F)ccc(C)c1N. The standard InChI is InChI=1S/C10H10F3NO2/c1-5-3-4-6(10(11,12)13)7(8(5)14)9(15)16-2/h3-4H,14H2,1-2H3. The average Bonchev–Trinajstić information content (AvgIpc) is 2.19. The van der Waals surface area contributed by atoms with E-state index in [0.29, 0.717) is 5.56 Å². The Balaban J connectivity index is 3.51. The number of rotatable bonds is 1. The van der Waals surface area contributed by atoms with Gasteiger partial charge in [0.2, 0.25) is 0 Å². The lowest BCUT2D eigenvalue weighted by Gasteiger charge is -2.14. The molecule has 0 saturated heterocycles. The lowest BCUT2D eigenvalue weighted by atomic mass is 10.0. The van der Waals surface area contributed by atoms with Gasteiger partial charge in [0.1, 0.15) is 0 Å². The minimum absolute atomic E-state index is 0.207. The quantitative estimate of drug-likeness (QED) is 0.598. The number of hydrogen-bond donors (Lipinski definition) is 1. The number of benzene rings is 1. The highest BCUT2D eigenvalue weighted by molar-refractivity contribution is 5.97. The largest absolute Gasteiger partial charge is 0.465 e. The summed E-state index contributed by atoms with van der Waals surface area (Å²) in [6.07, 6.45) is -4.63. The van der Waals surface area contributed by atoms with E-state index in [4.69, 9.17) is 5.73 Å². The van der Waals surface area contributed by atoms with E-state index >= 15 is 0 Å². The van der Waals surface area contributed by atoms with E-state index in [0.717, 1.165) is 13.2 Å². The van der Waals surface area contributed by atoms with Crippen LogP contribution in [0.15, 0.2) is 12.1 Å². The van der Waals surface area contributed by atoms with Crippen LogP contribution in [-0.4, -0.2) is 13.1 Å². The Morgan fingerprint density at radius 2 is 1.94 bits per heavy atom. The summed E-state index contributed by atoms with van der Waals surface area (Å²) in [6, 6.07) is 2.03. The number of aryl methyl sites for hydroxylation is 1. The molecule has 2 N–H and O–H groups in total. The number of hydrogen-bond acceptors (Lipinski definition) is 3. The molecule has 0 unspecified atom stereocenters. The molecule has 0 aliphatic carbocycles. The summed E-state index contributed by atoms with van der Waals surface area (Å²) < 4.78 is 42.1. The third-order valence-electron chi connectivity index (χ3n) is 2.16. The van der Waals surface area contributed by atoms with Crippen molar-refractivity contribution in [1.29, 1.82) is 0 Å². The first-order chi connectivity index (χ1) is 7.29. The highest BCUT2D eigenvalue weighted by Gasteiger charge is 2.37. The summed E-state index contributed by atoms with van der Waals surface area (Å²) in [5.41, 5.74) is 3.93. The summed E-state index contributed by atoms with van der Waals surface area (Å²) in [6.45, 7) is 1.52. The first kappa shape index (κ1) is 12.4. The molecule has 0 aliphatic rings. The normalized spacial score (nSPS) is 11.3. The van der Waals surface area contributed by atoms with E-state index in [-0.39, 0.29) is 5.69 Å². The van der Waals surface area contributed by atoms with Gasteiger partial charge in [0.15, 0.2) is 0 Å². The van der Waals surface area contributed by atoms with Gasteiger partial charge in [0.25, 0.3) is 0 Å². The molecule has 1 aromatic carbocycles. The van der Waals surface area contributed by atoms with Crippen molar-refractivity contribution in [2.45, 2.75) is 13.1 Å². The third kappa shape index (κ3) is 2.10. The maximum absolute atomic E-state index is 12.6. The smallest absolute Gasteiger partial charge is 0.417 e. The lowest BCUT2D eigenvalue weighted by molar-refractivity contribution is -0.138. The molecule has 1 aromatic rings.